The second-order valence-corrected chi connectivity index (χ2v) is 4.00. The molecule has 0 radical (unpaired) electrons. The Labute approximate surface area is 116 Å². The molecule has 2 aromatic rings. The average molecular weight is 329 g/mol. The van der Waals surface area contributed by atoms with Gasteiger partial charge in [-0.25, -0.2) is 22.0 Å². The van der Waals surface area contributed by atoms with Crippen LogP contribution in [0, 0.1) is 29.1 Å². The first kappa shape index (κ1) is 16.0. The first-order valence-corrected chi connectivity index (χ1v) is 5.34. The Morgan fingerprint density at radius 3 is 1.73 bits per heavy atom. The van der Waals surface area contributed by atoms with Gasteiger partial charge in [-0.05, 0) is 6.07 Å². The summed E-state index contributed by atoms with van der Waals surface area (Å²) >= 11 is 0. The van der Waals surface area contributed by atoms with Crippen molar-refractivity contribution in [3.63, 3.8) is 0 Å². The summed E-state index contributed by atoms with van der Waals surface area (Å²) in [5.74, 6) is -13.8. The number of hydrogen-bond donors (Lipinski definition) is 1. The molecule has 0 spiro atoms. The maximum absolute atomic E-state index is 13.5. The van der Waals surface area contributed by atoms with E-state index in [0.717, 1.165) is 0 Å². The third-order valence-electron chi connectivity index (χ3n) is 2.68. The lowest BCUT2D eigenvalue weighted by Crippen LogP contribution is -2.09. The number of aromatic hydroxyl groups is 1. The molecular formula is C12H3F8NO. The van der Waals surface area contributed by atoms with Crippen molar-refractivity contribution in [3.8, 4) is 17.0 Å². The van der Waals surface area contributed by atoms with Crippen LogP contribution >= 0.6 is 0 Å². The van der Waals surface area contributed by atoms with E-state index in [-0.39, 0.29) is 6.07 Å². The Balaban J connectivity index is 2.85. The second kappa shape index (κ2) is 5.11. The fourth-order valence-electron chi connectivity index (χ4n) is 1.68. The number of rotatable bonds is 1. The Morgan fingerprint density at radius 2 is 1.27 bits per heavy atom. The quantitative estimate of drug-likeness (QED) is 0.484. The molecule has 0 fully saturated rings. The molecule has 1 N–H and O–H groups in total. The van der Waals surface area contributed by atoms with Crippen molar-refractivity contribution in [2.45, 2.75) is 6.18 Å². The lowest BCUT2D eigenvalue weighted by molar-refractivity contribution is -0.138. The summed E-state index contributed by atoms with van der Waals surface area (Å²) in [7, 11) is 0. The zero-order valence-electron chi connectivity index (χ0n) is 10.1. The van der Waals surface area contributed by atoms with Gasteiger partial charge >= 0.3 is 6.18 Å². The zero-order chi connectivity index (χ0) is 16.8. The molecule has 1 aromatic carbocycles. The molecule has 22 heavy (non-hydrogen) atoms. The number of aromatic nitrogens is 1. The Kier molecular flexibility index (Phi) is 3.71. The van der Waals surface area contributed by atoms with Crippen LogP contribution in [-0.2, 0) is 6.18 Å². The first-order valence-electron chi connectivity index (χ1n) is 5.34. The molecule has 118 valence electrons. The van der Waals surface area contributed by atoms with Gasteiger partial charge in [0, 0.05) is 6.20 Å². The largest absolute Gasteiger partial charge is 0.505 e. The number of nitrogens with zero attached hydrogens (tertiary/aromatic N) is 1. The summed E-state index contributed by atoms with van der Waals surface area (Å²) in [4.78, 5) is 3.07. The van der Waals surface area contributed by atoms with Crippen molar-refractivity contribution in [2.75, 3.05) is 0 Å². The van der Waals surface area contributed by atoms with Crippen LogP contribution in [0.3, 0.4) is 0 Å². The van der Waals surface area contributed by atoms with Gasteiger partial charge in [0.25, 0.3) is 0 Å². The van der Waals surface area contributed by atoms with Crippen LogP contribution in [0.4, 0.5) is 35.1 Å². The minimum Gasteiger partial charge on any atom is -0.505 e. The van der Waals surface area contributed by atoms with Crippen molar-refractivity contribution in [2.24, 2.45) is 0 Å². The Morgan fingerprint density at radius 1 is 0.818 bits per heavy atom. The van der Waals surface area contributed by atoms with Gasteiger partial charge in [0.15, 0.2) is 29.0 Å². The fourth-order valence-corrected chi connectivity index (χ4v) is 1.68. The van der Waals surface area contributed by atoms with Crippen LogP contribution in [0.15, 0.2) is 12.3 Å². The van der Waals surface area contributed by atoms with E-state index in [1.165, 1.54) is 0 Å². The maximum Gasteiger partial charge on any atom is 0.420 e. The number of benzene rings is 1. The Hall–Kier alpha value is -2.39. The lowest BCUT2D eigenvalue weighted by atomic mass is 10.0. The van der Waals surface area contributed by atoms with Crippen LogP contribution in [0.1, 0.15) is 5.56 Å². The normalized spacial score (nSPS) is 11.8. The molecule has 0 amide bonds. The molecule has 10 heteroatoms. The minimum absolute atomic E-state index is 0.283. The van der Waals surface area contributed by atoms with Crippen molar-refractivity contribution in [3.05, 3.63) is 46.9 Å². The van der Waals surface area contributed by atoms with Crippen LogP contribution in [0.2, 0.25) is 0 Å². The number of pyridine rings is 1. The maximum atomic E-state index is 13.5. The van der Waals surface area contributed by atoms with Crippen LogP contribution in [0.5, 0.6) is 5.75 Å². The van der Waals surface area contributed by atoms with Crippen LogP contribution < -0.4 is 0 Å². The standard InChI is InChI=1S/C12H3F8NO/c13-5-4(6(14)8(16)9(17)7(5)15)10-11(22)3(1-2-21-10)12(18,19)20/h1-2,22H. The van der Waals surface area contributed by atoms with Gasteiger partial charge in [-0.15, -0.1) is 0 Å². The van der Waals surface area contributed by atoms with Crippen LogP contribution in [0.25, 0.3) is 11.3 Å². The molecule has 0 aliphatic carbocycles. The molecule has 0 bridgehead atoms. The molecule has 0 unspecified atom stereocenters. The lowest BCUT2D eigenvalue weighted by Gasteiger charge is -2.13. The molecule has 0 saturated carbocycles. The Bertz CT molecular complexity index is 727. The van der Waals surface area contributed by atoms with E-state index in [9.17, 15) is 40.2 Å². The highest BCUT2D eigenvalue weighted by Gasteiger charge is 2.37. The highest BCUT2D eigenvalue weighted by Crippen LogP contribution is 2.42. The summed E-state index contributed by atoms with van der Waals surface area (Å²) in [6.45, 7) is 0. The van der Waals surface area contributed by atoms with E-state index >= 15 is 0 Å². The zero-order valence-corrected chi connectivity index (χ0v) is 10.1. The van der Waals surface area contributed by atoms with Gasteiger partial charge in [-0.3, -0.25) is 4.98 Å². The third kappa shape index (κ3) is 2.34. The summed E-state index contributed by atoms with van der Waals surface area (Å²) in [6.07, 6.45) is -4.71. The first-order chi connectivity index (χ1) is 10.1. The summed E-state index contributed by atoms with van der Waals surface area (Å²) in [6, 6.07) is 0.283. The van der Waals surface area contributed by atoms with Crippen molar-refractivity contribution < 1.29 is 40.2 Å². The van der Waals surface area contributed by atoms with Gasteiger partial charge < -0.3 is 5.11 Å². The highest BCUT2D eigenvalue weighted by atomic mass is 19.4. The molecule has 1 heterocycles. The van der Waals surface area contributed by atoms with E-state index < -0.39 is 57.8 Å². The minimum atomic E-state index is -5.12. The van der Waals surface area contributed by atoms with Gasteiger partial charge in [-0.2, -0.15) is 13.2 Å². The molecule has 0 aliphatic rings. The van der Waals surface area contributed by atoms with Crippen molar-refractivity contribution >= 4 is 0 Å². The third-order valence-corrected chi connectivity index (χ3v) is 2.68. The van der Waals surface area contributed by atoms with E-state index in [4.69, 9.17) is 0 Å². The molecule has 2 rings (SSSR count). The summed E-state index contributed by atoms with van der Waals surface area (Å²) in [5.41, 5.74) is -4.90. The van der Waals surface area contributed by atoms with Crippen LogP contribution in [-0.4, -0.2) is 10.1 Å². The number of halogens is 8. The highest BCUT2D eigenvalue weighted by molar-refractivity contribution is 5.69. The average Bonchev–Trinajstić information content (AvgIpc) is 2.43. The fraction of sp³-hybridized carbons (Fsp3) is 0.0833. The van der Waals surface area contributed by atoms with Gasteiger partial charge in [0.05, 0.1) is 5.56 Å². The topological polar surface area (TPSA) is 33.1 Å². The molecule has 0 aliphatic heterocycles. The smallest absolute Gasteiger partial charge is 0.420 e. The molecule has 0 atom stereocenters. The van der Waals surface area contributed by atoms with Crippen molar-refractivity contribution in [1.29, 1.82) is 0 Å². The second-order valence-electron chi connectivity index (χ2n) is 4.00. The van der Waals surface area contributed by atoms with E-state index in [2.05, 4.69) is 4.98 Å². The molecule has 2 nitrogen and oxygen atoms in total. The SMILES string of the molecule is Oc1c(C(F)(F)F)ccnc1-c1c(F)c(F)c(F)c(F)c1F. The van der Waals surface area contributed by atoms with E-state index in [1.807, 2.05) is 0 Å². The predicted octanol–water partition coefficient (Wildman–Crippen LogP) is 4.17. The predicted molar refractivity (Wildman–Crippen MR) is 56.1 cm³/mol. The van der Waals surface area contributed by atoms with Gasteiger partial charge in [-0.1, -0.05) is 0 Å². The van der Waals surface area contributed by atoms with E-state index in [0.29, 0.717) is 6.20 Å². The molecule has 1 aromatic heterocycles. The van der Waals surface area contributed by atoms with E-state index in [1.54, 1.807) is 0 Å². The molecule has 0 saturated heterocycles. The molecular weight excluding hydrogens is 326 g/mol. The monoisotopic (exact) mass is 329 g/mol. The van der Waals surface area contributed by atoms with Gasteiger partial charge in [0.1, 0.15) is 11.3 Å². The summed E-state index contributed by atoms with van der Waals surface area (Å²) < 4.78 is 104. The van der Waals surface area contributed by atoms with Gasteiger partial charge in [0.2, 0.25) is 5.82 Å². The number of hydrogen-bond acceptors (Lipinski definition) is 2. The van der Waals surface area contributed by atoms with Crippen molar-refractivity contribution in [1.82, 2.24) is 4.98 Å². The summed E-state index contributed by atoms with van der Waals surface area (Å²) in [5, 5.41) is 9.42. The number of alkyl halides is 3.